The molecule has 1 aromatic carbocycles. The fourth-order valence-electron chi connectivity index (χ4n) is 5.43. The average Bonchev–Trinajstić information content (AvgIpc) is 3.45. The first kappa shape index (κ1) is 18.7. The number of fused-ring (bicyclic) bond motifs is 1. The maximum atomic E-state index is 13.7. The lowest BCUT2D eigenvalue weighted by molar-refractivity contribution is -0.113. The van der Waals surface area contributed by atoms with E-state index in [2.05, 4.69) is 28.8 Å². The van der Waals surface area contributed by atoms with Gasteiger partial charge in [-0.1, -0.05) is 0 Å². The molecule has 0 saturated carbocycles. The molecule has 6 rings (SSSR count). The van der Waals surface area contributed by atoms with E-state index in [1.807, 2.05) is 4.90 Å². The fourth-order valence-corrected chi connectivity index (χ4v) is 5.43. The van der Waals surface area contributed by atoms with Gasteiger partial charge >= 0.3 is 0 Å². The molecular formula is C23H29N3O4. The smallest absolute Gasteiger partial charge is 0.260 e. The van der Waals surface area contributed by atoms with Crippen molar-refractivity contribution in [3.63, 3.8) is 0 Å². The third-order valence-corrected chi connectivity index (χ3v) is 7.16. The van der Waals surface area contributed by atoms with E-state index in [9.17, 15) is 4.79 Å². The Bertz CT molecular complexity index is 882. The van der Waals surface area contributed by atoms with Gasteiger partial charge < -0.3 is 29.7 Å². The minimum Gasteiger partial charge on any atom is -0.387 e. The minimum absolute atomic E-state index is 0.137. The van der Waals surface area contributed by atoms with Crippen LogP contribution in [0.15, 0.2) is 23.9 Å². The Labute approximate surface area is 176 Å². The zero-order valence-corrected chi connectivity index (χ0v) is 17.2. The van der Waals surface area contributed by atoms with Gasteiger partial charge in [0.25, 0.3) is 5.91 Å². The Balaban J connectivity index is 1.38. The second kappa shape index (κ2) is 7.25. The summed E-state index contributed by atoms with van der Waals surface area (Å²) in [4.78, 5) is 15.8. The summed E-state index contributed by atoms with van der Waals surface area (Å²) in [6.45, 7) is 5.44. The van der Waals surface area contributed by atoms with Gasteiger partial charge in [0.15, 0.2) is 0 Å². The number of carbonyl (C=O) groups is 1. The molecule has 1 unspecified atom stereocenters. The molecular weight excluding hydrogens is 382 g/mol. The fraction of sp³-hybridized carbons (Fsp3) is 0.609. The number of anilines is 2. The van der Waals surface area contributed by atoms with Crippen molar-refractivity contribution in [2.24, 2.45) is 5.41 Å². The van der Waals surface area contributed by atoms with Crippen molar-refractivity contribution in [1.82, 2.24) is 5.32 Å². The van der Waals surface area contributed by atoms with Crippen LogP contribution in [0.1, 0.15) is 31.2 Å². The van der Waals surface area contributed by atoms with Crippen LogP contribution in [0.2, 0.25) is 0 Å². The zero-order chi connectivity index (χ0) is 20.1. The highest BCUT2D eigenvalue weighted by molar-refractivity contribution is 6.33. The molecule has 5 aliphatic heterocycles. The largest absolute Gasteiger partial charge is 0.387 e. The Morgan fingerprint density at radius 3 is 2.60 bits per heavy atom. The number of benzene rings is 1. The van der Waals surface area contributed by atoms with E-state index >= 15 is 0 Å². The summed E-state index contributed by atoms with van der Waals surface area (Å²) < 4.78 is 16.5. The summed E-state index contributed by atoms with van der Waals surface area (Å²) >= 11 is 0. The Hall–Kier alpha value is -2.09. The number of hydrogen-bond donors (Lipinski definition) is 2. The maximum Gasteiger partial charge on any atom is 0.260 e. The SMILES string of the molecule is O=C1/C(=C2/CC3(CN2)COC3)c2cc(NC3CCOC3)ccc2N1C1CCOCC1. The van der Waals surface area contributed by atoms with E-state index in [0.29, 0.717) is 6.04 Å². The first-order valence-electron chi connectivity index (χ1n) is 11.2. The van der Waals surface area contributed by atoms with Crippen molar-refractivity contribution in [2.45, 2.75) is 37.8 Å². The summed E-state index contributed by atoms with van der Waals surface area (Å²) in [5.74, 6) is 0.137. The highest BCUT2D eigenvalue weighted by atomic mass is 16.5. The predicted molar refractivity (Wildman–Crippen MR) is 113 cm³/mol. The van der Waals surface area contributed by atoms with Crippen molar-refractivity contribution in [3.8, 4) is 0 Å². The van der Waals surface area contributed by atoms with E-state index < -0.39 is 0 Å². The summed E-state index contributed by atoms with van der Waals surface area (Å²) in [5.41, 5.74) is 5.26. The molecule has 1 aromatic rings. The van der Waals surface area contributed by atoms with Crippen LogP contribution >= 0.6 is 0 Å². The van der Waals surface area contributed by atoms with E-state index in [-0.39, 0.29) is 17.4 Å². The molecule has 0 bridgehead atoms. The Kier molecular flexibility index (Phi) is 4.51. The second-order valence-corrected chi connectivity index (χ2v) is 9.33. The lowest BCUT2D eigenvalue weighted by atomic mass is 9.84. The zero-order valence-electron chi connectivity index (χ0n) is 17.2. The lowest BCUT2D eigenvalue weighted by Gasteiger charge is -2.36. The van der Waals surface area contributed by atoms with Crippen LogP contribution in [0.4, 0.5) is 11.4 Å². The number of nitrogens with zero attached hydrogens (tertiary/aromatic N) is 1. The van der Waals surface area contributed by atoms with Crippen LogP contribution in [0.25, 0.3) is 5.57 Å². The molecule has 0 aromatic heterocycles. The second-order valence-electron chi connectivity index (χ2n) is 9.33. The number of amides is 1. The standard InChI is InChI=1S/C23H29N3O4/c27-22-21(19-10-23(12-24-19)13-30-14-23)18-9-15(25-16-3-6-29-11-16)1-2-20(18)26(22)17-4-7-28-8-5-17/h1-2,9,16-17,24-25H,3-8,10-14H2/b21-19-. The van der Waals surface area contributed by atoms with Crippen LogP contribution in [0.3, 0.4) is 0 Å². The molecule has 2 N–H and O–H groups in total. The summed E-state index contributed by atoms with van der Waals surface area (Å²) in [6.07, 6.45) is 3.68. The molecule has 1 atom stereocenters. The summed E-state index contributed by atoms with van der Waals surface area (Å²) in [6, 6.07) is 6.92. The molecule has 30 heavy (non-hydrogen) atoms. The third kappa shape index (κ3) is 3.02. The van der Waals surface area contributed by atoms with E-state index in [4.69, 9.17) is 14.2 Å². The van der Waals surface area contributed by atoms with Gasteiger partial charge in [-0.05, 0) is 43.9 Å². The van der Waals surface area contributed by atoms with Crippen LogP contribution < -0.4 is 15.5 Å². The first-order valence-corrected chi connectivity index (χ1v) is 11.2. The average molecular weight is 412 g/mol. The molecule has 7 heteroatoms. The normalized spacial score (nSPS) is 30.5. The highest BCUT2D eigenvalue weighted by Crippen LogP contribution is 2.46. The molecule has 160 valence electrons. The number of nitrogens with one attached hydrogen (secondary N) is 2. The van der Waals surface area contributed by atoms with Gasteiger partial charge in [-0.15, -0.1) is 0 Å². The molecule has 1 amide bonds. The number of ether oxygens (including phenoxy) is 3. The molecule has 1 spiro atoms. The van der Waals surface area contributed by atoms with Gasteiger partial charge in [-0.2, -0.15) is 0 Å². The van der Waals surface area contributed by atoms with Crippen LogP contribution in [0, 0.1) is 5.41 Å². The molecule has 5 heterocycles. The molecule has 0 radical (unpaired) electrons. The van der Waals surface area contributed by atoms with Gasteiger partial charge in [-0.25, -0.2) is 0 Å². The van der Waals surface area contributed by atoms with E-state index in [1.165, 1.54) is 0 Å². The monoisotopic (exact) mass is 411 g/mol. The van der Waals surface area contributed by atoms with Crippen molar-refractivity contribution < 1.29 is 19.0 Å². The van der Waals surface area contributed by atoms with Gasteiger partial charge in [-0.3, -0.25) is 4.79 Å². The van der Waals surface area contributed by atoms with Crippen molar-refractivity contribution in [2.75, 3.05) is 56.4 Å². The van der Waals surface area contributed by atoms with Gasteiger partial charge in [0, 0.05) is 54.8 Å². The van der Waals surface area contributed by atoms with Gasteiger partial charge in [0.05, 0.1) is 37.1 Å². The summed E-state index contributed by atoms with van der Waals surface area (Å²) in [5, 5.41) is 7.16. The van der Waals surface area contributed by atoms with Crippen molar-refractivity contribution >= 4 is 22.9 Å². The lowest BCUT2D eigenvalue weighted by Crippen LogP contribution is -2.43. The number of hydrogen-bond acceptors (Lipinski definition) is 6. The topological polar surface area (TPSA) is 72.1 Å². The van der Waals surface area contributed by atoms with Gasteiger partial charge in [0.2, 0.25) is 0 Å². The van der Waals surface area contributed by atoms with Crippen molar-refractivity contribution in [1.29, 1.82) is 0 Å². The highest BCUT2D eigenvalue weighted by Gasteiger charge is 2.47. The Morgan fingerprint density at radius 1 is 1.07 bits per heavy atom. The molecule has 4 saturated heterocycles. The molecule has 5 aliphatic rings. The number of allylic oxidation sites excluding steroid dienone is 1. The first-order chi connectivity index (χ1) is 14.7. The van der Waals surface area contributed by atoms with E-state index in [0.717, 1.165) is 100 Å². The minimum atomic E-state index is 0.137. The molecule has 0 aliphatic carbocycles. The summed E-state index contributed by atoms with van der Waals surface area (Å²) in [7, 11) is 0. The van der Waals surface area contributed by atoms with Crippen molar-refractivity contribution in [3.05, 3.63) is 29.5 Å². The Morgan fingerprint density at radius 2 is 1.90 bits per heavy atom. The molecule has 7 nitrogen and oxygen atoms in total. The van der Waals surface area contributed by atoms with Crippen LogP contribution in [-0.4, -0.2) is 64.2 Å². The third-order valence-electron chi connectivity index (χ3n) is 7.16. The molecule has 4 fully saturated rings. The maximum absolute atomic E-state index is 13.7. The van der Waals surface area contributed by atoms with Crippen LogP contribution in [-0.2, 0) is 19.0 Å². The number of carbonyl (C=O) groups excluding carboxylic acids is 1. The van der Waals surface area contributed by atoms with Gasteiger partial charge in [0.1, 0.15) is 0 Å². The number of rotatable bonds is 3. The van der Waals surface area contributed by atoms with Crippen LogP contribution in [0.5, 0.6) is 0 Å². The predicted octanol–water partition coefficient (Wildman–Crippen LogP) is 2.13. The van der Waals surface area contributed by atoms with E-state index in [1.54, 1.807) is 0 Å². The quantitative estimate of drug-likeness (QED) is 0.743.